The molecule has 3 N–H and O–H groups in total. The minimum absolute atomic E-state index is 0.175. The second kappa shape index (κ2) is 9.22. The molecule has 2 aromatic carbocycles. The summed E-state index contributed by atoms with van der Waals surface area (Å²) in [5.74, 6) is -0.175. The van der Waals surface area contributed by atoms with Crippen molar-refractivity contribution < 1.29 is 14.6 Å². The summed E-state index contributed by atoms with van der Waals surface area (Å²) in [6.07, 6.45) is 2.27. The number of fused-ring (bicyclic) bond motifs is 1. The first kappa shape index (κ1) is 20.8. The fourth-order valence-electron chi connectivity index (χ4n) is 4.04. The Bertz CT molecular complexity index is 1210. The van der Waals surface area contributed by atoms with Crippen molar-refractivity contribution in [2.45, 2.75) is 31.9 Å². The summed E-state index contributed by atoms with van der Waals surface area (Å²) in [6, 6.07) is 17.4. The topological polar surface area (TPSA) is 90.5 Å². The molecule has 1 unspecified atom stereocenters. The van der Waals surface area contributed by atoms with Gasteiger partial charge in [-0.3, -0.25) is 4.79 Å². The summed E-state index contributed by atoms with van der Waals surface area (Å²) >= 11 is 1.39. The van der Waals surface area contributed by atoms with Crippen LogP contribution in [0.3, 0.4) is 0 Å². The third-order valence-corrected chi connectivity index (χ3v) is 6.47. The molecule has 32 heavy (non-hydrogen) atoms. The summed E-state index contributed by atoms with van der Waals surface area (Å²) in [5, 5.41) is 17.1. The predicted molar refractivity (Wildman–Crippen MR) is 125 cm³/mol. The quantitative estimate of drug-likeness (QED) is 0.369. The zero-order valence-corrected chi connectivity index (χ0v) is 18.2. The van der Waals surface area contributed by atoms with Crippen LogP contribution >= 0.6 is 11.3 Å². The Morgan fingerprint density at radius 2 is 2.16 bits per heavy atom. The van der Waals surface area contributed by atoms with E-state index in [9.17, 15) is 9.90 Å². The molecule has 8 heteroatoms. The van der Waals surface area contributed by atoms with Crippen molar-refractivity contribution in [3.8, 4) is 11.3 Å². The number of carbonyl (C=O) groups excluding carboxylic acids is 1. The normalized spacial score (nSPS) is 17.6. The fourth-order valence-corrected chi connectivity index (χ4v) is 4.76. The molecule has 0 bridgehead atoms. The van der Waals surface area contributed by atoms with Gasteiger partial charge in [0.1, 0.15) is 0 Å². The largest absolute Gasteiger partial charge is 0.361 e. The first-order valence-corrected chi connectivity index (χ1v) is 11.5. The van der Waals surface area contributed by atoms with Crippen LogP contribution in [0.15, 0.2) is 66.2 Å². The number of rotatable bonds is 7. The SMILES string of the molecule is O=C(Nc1nc(-c2ccc3cc[nH]c3c2)cs1)[C@@H]1CCCN1C(O)OCc1ccccc1. The van der Waals surface area contributed by atoms with E-state index < -0.39 is 12.5 Å². The van der Waals surface area contributed by atoms with Crippen LogP contribution in [0.25, 0.3) is 22.2 Å². The molecule has 4 aromatic rings. The van der Waals surface area contributed by atoms with E-state index in [1.165, 1.54) is 11.3 Å². The van der Waals surface area contributed by atoms with Crippen LogP contribution < -0.4 is 5.32 Å². The van der Waals surface area contributed by atoms with Gasteiger partial charge in [-0.05, 0) is 35.9 Å². The summed E-state index contributed by atoms with van der Waals surface area (Å²) in [4.78, 5) is 22.4. The van der Waals surface area contributed by atoms with Gasteiger partial charge >= 0.3 is 0 Å². The van der Waals surface area contributed by atoms with Gasteiger partial charge < -0.3 is 20.1 Å². The van der Waals surface area contributed by atoms with Crippen LogP contribution in [-0.2, 0) is 16.1 Å². The van der Waals surface area contributed by atoms with Crippen LogP contribution in [0, 0.1) is 0 Å². The van der Waals surface area contributed by atoms with Crippen molar-refractivity contribution in [2.24, 2.45) is 0 Å². The molecule has 3 heterocycles. The number of aliphatic hydroxyl groups is 1. The van der Waals surface area contributed by atoms with Crippen LogP contribution in [-0.4, -0.2) is 44.9 Å². The standard InChI is InChI=1S/C24H24N4O3S/c29-22(21-7-4-12-28(21)24(30)31-14-16-5-2-1-3-6-16)27-23-26-20(15-32-23)18-9-8-17-10-11-25-19(17)13-18/h1-3,5-6,8-11,13,15,21,24-25,30H,4,7,12,14H2,(H,26,27,29)/t21-,24?/m0/s1. The minimum Gasteiger partial charge on any atom is -0.361 e. The van der Waals surface area contributed by atoms with E-state index in [0.29, 0.717) is 18.1 Å². The molecule has 0 radical (unpaired) electrons. The van der Waals surface area contributed by atoms with Crippen molar-refractivity contribution in [1.82, 2.24) is 14.9 Å². The number of carbonyl (C=O) groups is 1. The van der Waals surface area contributed by atoms with E-state index in [4.69, 9.17) is 4.74 Å². The van der Waals surface area contributed by atoms with Crippen molar-refractivity contribution in [3.63, 3.8) is 0 Å². The number of thiazole rings is 1. The number of hydrogen-bond donors (Lipinski definition) is 3. The molecule has 0 saturated carbocycles. The first-order valence-electron chi connectivity index (χ1n) is 10.6. The molecule has 1 aliphatic heterocycles. The molecular formula is C24H24N4O3S. The predicted octanol–water partition coefficient (Wildman–Crippen LogP) is 4.19. The highest BCUT2D eigenvalue weighted by Gasteiger charge is 2.35. The van der Waals surface area contributed by atoms with E-state index >= 15 is 0 Å². The van der Waals surface area contributed by atoms with Gasteiger partial charge in [-0.1, -0.05) is 42.5 Å². The highest BCUT2D eigenvalue weighted by Crippen LogP contribution is 2.28. The molecule has 7 nitrogen and oxygen atoms in total. The van der Waals surface area contributed by atoms with Gasteiger partial charge in [-0.15, -0.1) is 11.3 Å². The maximum Gasteiger partial charge on any atom is 0.243 e. The number of nitrogens with zero attached hydrogens (tertiary/aromatic N) is 2. The number of aromatic nitrogens is 2. The van der Waals surface area contributed by atoms with Gasteiger partial charge in [0.2, 0.25) is 12.3 Å². The molecule has 2 atom stereocenters. The number of anilines is 1. The number of benzene rings is 2. The number of hydrogen-bond acceptors (Lipinski definition) is 6. The summed E-state index contributed by atoms with van der Waals surface area (Å²) < 4.78 is 5.62. The molecule has 2 aromatic heterocycles. The van der Waals surface area contributed by atoms with Crippen LogP contribution in [0.1, 0.15) is 18.4 Å². The van der Waals surface area contributed by atoms with E-state index in [1.807, 2.05) is 60.1 Å². The number of amides is 1. The lowest BCUT2D eigenvalue weighted by atomic mass is 10.1. The fraction of sp³-hybridized carbons (Fsp3) is 0.250. The highest BCUT2D eigenvalue weighted by atomic mass is 32.1. The highest BCUT2D eigenvalue weighted by molar-refractivity contribution is 7.14. The molecule has 5 rings (SSSR count). The molecule has 1 aliphatic rings. The Kier molecular flexibility index (Phi) is 6.00. The minimum atomic E-state index is -1.13. The van der Waals surface area contributed by atoms with E-state index in [-0.39, 0.29) is 12.5 Å². The van der Waals surface area contributed by atoms with Gasteiger partial charge in [0.15, 0.2) is 5.13 Å². The maximum atomic E-state index is 12.9. The number of ether oxygens (including phenoxy) is 1. The van der Waals surface area contributed by atoms with Crippen molar-refractivity contribution in [3.05, 3.63) is 71.7 Å². The van der Waals surface area contributed by atoms with Crippen LogP contribution in [0.4, 0.5) is 5.13 Å². The number of likely N-dealkylation sites (tertiary alicyclic amines) is 1. The second-order valence-corrected chi connectivity index (χ2v) is 8.68. The van der Waals surface area contributed by atoms with Crippen molar-refractivity contribution >= 4 is 33.3 Å². The van der Waals surface area contributed by atoms with Gasteiger partial charge in [0, 0.05) is 29.2 Å². The zero-order chi connectivity index (χ0) is 21.9. The van der Waals surface area contributed by atoms with Crippen molar-refractivity contribution in [2.75, 3.05) is 11.9 Å². The number of aliphatic hydroxyl groups excluding tert-OH is 1. The molecule has 1 fully saturated rings. The molecule has 0 aliphatic carbocycles. The maximum absolute atomic E-state index is 12.9. The van der Waals surface area contributed by atoms with Gasteiger partial charge in [-0.2, -0.15) is 0 Å². The van der Waals surface area contributed by atoms with E-state index in [1.54, 1.807) is 4.90 Å². The second-order valence-electron chi connectivity index (χ2n) is 7.83. The molecule has 164 valence electrons. The average Bonchev–Trinajstić information content (AvgIpc) is 3.58. The van der Waals surface area contributed by atoms with Gasteiger partial charge in [-0.25, -0.2) is 9.88 Å². The lowest BCUT2D eigenvalue weighted by Crippen LogP contribution is -2.46. The first-order chi connectivity index (χ1) is 15.7. The summed E-state index contributed by atoms with van der Waals surface area (Å²) in [6.45, 7) is 0.890. The Balaban J connectivity index is 1.22. The molecular weight excluding hydrogens is 424 g/mol. The zero-order valence-electron chi connectivity index (χ0n) is 17.4. The number of nitrogens with one attached hydrogen (secondary N) is 2. The summed E-state index contributed by atoms with van der Waals surface area (Å²) in [5.41, 5.74) is 3.83. The lowest BCUT2D eigenvalue weighted by molar-refractivity contribution is -0.204. The smallest absolute Gasteiger partial charge is 0.243 e. The average molecular weight is 449 g/mol. The van der Waals surface area contributed by atoms with Gasteiger partial charge in [0.05, 0.1) is 18.3 Å². The summed E-state index contributed by atoms with van der Waals surface area (Å²) in [7, 11) is 0. The lowest BCUT2D eigenvalue weighted by Gasteiger charge is -2.28. The Morgan fingerprint density at radius 3 is 3.03 bits per heavy atom. The van der Waals surface area contributed by atoms with E-state index in [0.717, 1.165) is 34.1 Å². The Hall–Kier alpha value is -3.04. The van der Waals surface area contributed by atoms with Crippen LogP contribution in [0.2, 0.25) is 0 Å². The molecule has 0 spiro atoms. The molecule has 1 saturated heterocycles. The molecule has 1 amide bonds. The number of aromatic amines is 1. The monoisotopic (exact) mass is 448 g/mol. The Morgan fingerprint density at radius 1 is 1.28 bits per heavy atom. The third kappa shape index (κ3) is 4.44. The van der Waals surface area contributed by atoms with Gasteiger partial charge in [0.25, 0.3) is 0 Å². The van der Waals surface area contributed by atoms with E-state index in [2.05, 4.69) is 21.4 Å². The third-order valence-electron chi connectivity index (χ3n) is 5.71. The number of H-pyrrole nitrogens is 1. The van der Waals surface area contributed by atoms with Crippen molar-refractivity contribution in [1.29, 1.82) is 0 Å². The van der Waals surface area contributed by atoms with Crippen LogP contribution in [0.5, 0.6) is 0 Å². The Labute approximate surface area is 189 Å².